The van der Waals surface area contributed by atoms with E-state index in [4.69, 9.17) is 0 Å². The molecule has 0 aliphatic heterocycles. The van der Waals surface area contributed by atoms with Gasteiger partial charge in [-0.3, -0.25) is 9.78 Å². The Morgan fingerprint density at radius 2 is 2.00 bits per heavy atom. The minimum absolute atomic E-state index is 0.00640. The van der Waals surface area contributed by atoms with Gasteiger partial charge in [-0.1, -0.05) is 6.07 Å². The van der Waals surface area contributed by atoms with E-state index in [1.165, 1.54) is 25.3 Å². The summed E-state index contributed by atoms with van der Waals surface area (Å²) in [6, 6.07) is 6.28. The van der Waals surface area contributed by atoms with Crippen molar-refractivity contribution >= 4 is 33.9 Å². The SMILES string of the molecule is CC(=O)N(C)c1cc(C(F)(F)F)cnc1Nc1nc(-c2ccccn2)cs1. The average Bonchev–Trinajstić information content (AvgIpc) is 3.10. The van der Waals surface area contributed by atoms with Crippen molar-refractivity contribution in [2.45, 2.75) is 13.1 Å². The standard InChI is InChI=1S/C17H14F3N5OS/c1-10(26)25(2)14-7-11(17(18,19)20)8-22-15(14)24-16-23-13(9-27-16)12-5-3-4-6-21-12/h3-9H,1-2H3,(H,22,23,24). The number of nitrogens with zero attached hydrogens (tertiary/aromatic N) is 4. The first-order valence-corrected chi connectivity index (χ1v) is 8.59. The average molecular weight is 393 g/mol. The zero-order valence-electron chi connectivity index (χ0n) is 14.3. The van der Waals surface area contributed by atoms with Gasteiger partial charge in [0.2, 0.25) is 5.91 Å². The molecule has 0 unspecified atom stereocenters. The van der Waals surface area contributed by atoms with Crippen LogP contribution >= 0.6 is 11.3 Å². The Balaban J connectivity index is 1.94. The molecule has 3 aromatic heterocycles. The molecule has 3 heterocycles. The van der Waals surface area contributed by atoms with E-state index in [1.807, 2.05) is 6.07 Å². The lowest BCUT2D eigenvalue weighted by molar-refractivity contribution is -0.137. The van der Waals surface area contributed by atoms with E-state index in [-0.39, 0.29) is 11.5 Å². The topological polar surface area (TPSA) is 71.0 Å². The Bertz CT molecular complexity index is 959. The molecule has 0 atom stereocenters. The van der Waals surface area contributed by atoms with Gasteiger partial charge in [0.1, 0.15) is 5.69 Å². The summed E-state index contributed by atoms with van der Waals surface area (Å²) in [5.41, 5.74) is 0.358. The Kier molecular flexibility index (Phi) is 5.08. The van der Waals surface area contributed by atoms with Crippen LogP contribution in [0.5, 0.6) is 0 Å². The van der Waals surface area contributed by atoms with Crippen molar-refractivity contribution in [1.82, 2.24) is 15.0 Å². The van der Waals surface area contributed by atoms with E-state index in [1.54, 1.807) is 23.7 Å². The molecule has 0 aliphatic carbocycles. The molecule has 0 radical (unpaired) electrons. The van der Waals surface area contributed by atoms with E-state index in [2.05, 4.69) is 20.3 Å². The molecule has 0 bridgehead atoms. The maximum Gasteiger partial charge on any atom is 0.417 e. The quantitative estimate of drug-likeness (QED) is 0.714. The van der Waals surface area contributed by atoms with Gasteiger partial charge in [0.05, 0.1) is 16.9 Å². The lowest BCUT2D eigenvalue weighted by atomic mass is 10.2. The molecule has 3 aromatic rings. The van der Waals surface area contributed by atoms with Crippen molar-refractivity contribution in [1.29, 1.82) is 0 Å². The minimum atomic E-state index is -4.56. The molecule has 3 rings (SSSR count). The van der Waals surface area contributed by atoms with Crippen LogP contribution in [0.2, 0.25) is 0 Å². The molecular weight excluding hydrogens is 379 g/mol. The molecule has 140 valence electrons. The number of aromatic nitrogens is 3. The van der Waals surface area contributed by atoms with Crippen molar-refractivity contribution in [3.8, 4) is 11.4 Å². The van der Waals surface area contributed by atoms with Crippen LogP contribution in [0.4, 0.5) is 29.8 Å². The molecule has 0 saturated heterocycles. The van der Waals surface area contributed by atoms with Crippen LogP contribution in [0.15, 0.2) is 42.0 Å². The molecule has 0 aliphatic rings. The first-order valence-electron chi connectivity index (χ1n) is 7.71. The number of carbonyl (C=O) groups excluding carboxylic acids is 1. The molecule has 10 heteroatoms. The summed E-state index contributed by atoms with van der Waals surface area (Å²) >= 11 is 1.25. The number of amides is 1. The highest BCUT2D eigenvalue weighted by molar-refractivity contribution is 7.14. The highest BCUT2D eigenvalue weighted by Gasteiger charge is 2.32. The molecule has 1 N–H and O–H groups in total. The van der Waals surface area contributed by atoms with Crippen molar-refractivity contribution in [3.05, 3.63) is 47.6 Å². The Hall–Kier alpha value is -3.01. The van der Waals surface area contributed by atoms with Crippen LogP contribution in [0, 0.1) is 0 Å². The Morgan fingerprint density at radius 1 is 1.22 bits per heavy atom. The second-order valence-corrected chi connectivity index (χ2v) is 6.40. The third-order valence-corrected chi connectivity index (χ3v) is 4.44. The third kappa shape index (κ3) is 4.22. The summed E-state index contributed by atoms with van der Waals surface area (Å²) in [6.07, 6.45) is -2.21. The van der Waals surface area contributed by atoms with Crippen LogP contribution in [-0.2, 0) is 11.0 Å². The summed E-state index contributed by atoms with van der Waals surface area (Å²) in [5.74, 6) is -0.324. The molecule has 0 aromatic carbocycles. The lowest BCUT2D eigenvalue weighted by Crippen LogP contribution is -2.24. The van der Waals surface area contributed by atoms with Gasteiger partial charge in [-0.05, 0) is 18.2 Å². The summed E-state index contributed by atoms with van der Waals surface area (Å²) in [4.78, 5) is 25.2. The smallest absolute Gasteiger partial charge is 0.314 e. The summed E-state index contributed by atoms with van der Waals surface area (Å²) in [5, 5.41) is 5.07. The number of carbonyl (C=O) groups is 1. The number of nitrogens with one attached hydrogen (secondary N) is 1. The summed E-state index contributed by atoms with van der Waals surface area (Å²) in [7, 11) is 1.38. The first-order chi connectivity index (χ1) is 12.8. The van der Waals surface area contributed by atoms with E-state index in [0.29, 0.717) is 22.7 Å². The van der Waals surface area contributed by atoms with Gasteiger partial charge in [0.15, 0.2) is 10.9 Å². The van der Waals surface area contributed by atoms with E-state index in [0.717, 1.165) is 11.0 Å². The van der Waals surface area contributed by atoms with Crippen LogP contribution in [0.25, 0.3) is 11.4 Å². The number of alkyl halides is 3. The second-order valence-electron chi connectivity index (χ2n) is 5.55. The molecule has 0 spiro atoms. The van der Waals surface area contributed by atoms with Gasteiger partial charge < -0.3 is 10.2 Å². The highest BCUT2D eigenvalue weighted by atomic mass is 32.1. The zero-order valence-corrected chi connectivity index (χ0v) is 15.1. The van der Waals surface area contributed by atoms with Crippen molar-refractivity contribution < 1.29 is 18.0 Å². The second kappa shape index (κ2) is 7.31. The molecule has 6 nitrogen and oxygen atoms in total. The molecule has 27 heavy (non-hydrogen) atoms. The van der Waals surface area contributed by atoms with Gasteiger partial charge in [0, 0.05) is 31.7 Å². The normalized spacial score (nSPS) is 11.3. The van der Waals surface area contributed by atoms with Gasteiger partial charge in [-0.15, -0.1) is 11.3 Å². The lowest BCUT2D eigenvalue weighted by Gasteiger charge is -2.20. The summed E-state index contributed by atoms with van der Waals surface area (Å²) in [6.45, 7) is 1.26. The van der Waals surface area contributed by atoms with Crippen LogP contribution in [-0.4, -0.2) is 27.9 Å². The third-order valence-electron chi connectivity index (χ3n) is 3.69. The summed E-state index contributed by atoms with van der Waals surface area (Å²) < 4.78 is 39.0. The number of halogens is 3. The van der Waals surface area contributed by atoms with Gasteiger partial charge in [-0.25, -0.2) is 9.97 Å². The van der Waals surface area contributed by atoms with Crippen molar-refractivity contribution in [2.24, 2.45) is 0 Å². The van der Waals surface area contributed by atoms with Crippen LogP contribution < -0.4 is 10.2 Å². The highest BCUT2D eigenvalue weighted by Crippen LogP contribution is 2.35. The van der Waals surface area contributed by atoms with E-state index < -0.39 is 17.6 Å². The van der Waals surface area contributed by atoms with E-state index >= 15 is 0 Å². The molecular formula is C17H14F3N5OS. The van der Waals surface area contributed by atoms with E-state index in [9.17, 15) is 18.0 Å². The number of pyridine rings is 2. The van der Waals surface area contributed by atoms with Gasteiger partial charge in [0.25, 0.3) is 0 Å². The predicted octanol–water partition coefficient (Wildman–Crippen LogP) is 4.35. The monoisotopic (exact) mass is 393 g/mol. The minimum Gasteiger partial charge on any atom is -0.314 e. The van der Waals surface area contributed by atoms with Gasteiger partial charge in [-0.2, -0.15) is 13.2 Å². The maximum absolute atomic E-state index is 13.0. The Morgan fingerprint density at radius 3 is 2.63 bits per heavy atom. The largest absolute Gasteiger partial charge is 0.417 e. The number of hydrogen-bond acceptors (Lipinski definition) is 6. The fourth-order valence-electron chi connectivity index (χ4n) is 2.19. The fraction of sp³-hybridized carbons (Fsp3) is 0.176. The molecule has 0 saturated carbocycles. The van der Waals surface area contributed by atoms with Crippen LogP contribution in [0.1, 0.15) is 12.5 Å². The fourth-order valence-corrected chi connectivity index (χ4v) is 2.90. The number of rotatable bonds is 4. The maximum atomic E-state index is 13.0. The van der Waals surface area contributed by atoms with Crippen LogP contribution in [0.3, 0.4) is 0 Å². The number of hydrogen-bond donors (Lipinski definition) is 1. The van der Waals surface area contributed by atoms with Crippen molar-refractivity contribution in [2.75, 3.05) is 17.3 Å². The number of thiazole rings is 1. The molecule has 1 amide bonds. The van der Waals surface area contributed by atoms with Crippen molar-refractivity contribution in [3.63, 3.8) is 0 Å². The Labute approximate surface area is 156 Å². The zero-order chi connectivity index (χ0) is 19.6. The molecule has 0 fully saturated rings. The predicted molar refractivity (Wildman–Crippen MR) is 97.0 cm³/mol. The number of anilines is 3. The van der Waals surface area contributed by atoms with Gasteiger partial charge >= 0.3 is 6.18 Å². The first kappa shape index (κ1) is 18.8.